The number of piperazine rings is 1. The van der Waals surface area contributed by atoms with Crippen molar-refractivity contribution in [3.8, 4) is 0 Å². The zero-order valence-corrected chi connectivity index (χ0v) is 9.34. The van der Waals surface area contributed by atoms with Gasteiger partial charge in [-0.05, 0) is 36.9 Å². The Bertz CT molecular complexity index is 396. The van der Waals surface area contributed by atoms with Gasteiger partial charge >= 0.3 is 0 Å². The molecule has 0 amide bonds. The van der Waals surface area contributed by atoms with Gasteiger partial charge in [0.15, 0.2) is 0 Å². The first kappa shape index (κ1) is 9.58. The van der Waals surface area contributed by atoms with Crippen LogP contribution in [0.3, 0.4) is 0 Å². The smallest absolute Gasteiger partial charge is 0.0495 e. The lowest BCUT2D eigenvalue weighted by Gasteiger charge is -2.39. The Morgan fingerprint density at radius 2 is 1.94 bits per heavy atom. The Labute approximate surface area is 96.1 Å². The molecular weight excluding hydrogens is 198 g/mol. The Balaban J connectivity index is 1.74. The fourth-order valence-electron chi connectivity index (χ4n) is 2.55. The molecule has 1 aromatic carbocycles. The highest BCUT2D eigenvalue weighted by Crippen LogP contribution is 2.24. The molecule has 1 fully saturated rings. The lowest BCUT2D eigenvalue weighted by atomic mass is 10.1. The zero-order chi connectivity index (χ0) is 11.0. The highest BCUT2D eigenvalue weighted by molar-refractivity contribution is 5.53. The summed E-state index contributed by atoms with van der Waals surface area (Å²) in [5.74, 6) is 0. The van der Waals surface area contributed by atoms with E-state index < -0.39 is 0 Å². The third-order valence-electron chi connectivity index (χ3n) is 3.49. The van der Waals surface area contributed by atoms with Gasteiger partial charge in [0.2, 0.25) is 0 Å². The van der Waals surface area contributed by atoms with Crippen molar-refractivity contribution in [3.63, 3.8) is 0 Å². The van der Waals surface area contributed by atoms with E-state index in [4.69, 9.17) is 5.73 Å². The molecule has 1 saturated heterocycles. The molecule has 0 aromatic heterocycles. The third kappa shape index (κ3) is 1.62. The molecule has 2 N–H and O–H groups in total. The number of hydrogen-bond donors (Lipinski definition) is 1. The fraction of sp³-hybridized carbons (Fsp3) is 0.385. The van der Waals surface area contributed by atoms with Crippen LogP contribution >= 0.6 is 0 Å². The average molecular weight is 215 g/mol. The van der Waals surface area contributed by atoms with Crippen molar-refractivity contribution >= 4 is 11.4 Å². The highest BCUT2D eigenvalue weighted by atomic mass is 15.3. The van der Waals surface area contributed by atoms with Crippen LogP contribution in [0.15, 0.2) is 36.5 Å². The number of nitrogens with zero attached hydrogens (tertiary/aromatic N) is 2. The Hall–Kier alpha value is -1.64. The predicted molar refractivity (Wildman–Crippen MR) is 67.3 cm³/mol. The van der Waals surface area contributed by atoms with E-state index in [2.05, 4.69) is 34.2 Å². The Kier molecular flexibility index (Phi) is 2.24. The topological polar surface area (TPSA) is 32.5 Å². The van der Waals surface area contributed by atoms with Crippen LogP contribution in [0.4, 0.5) is 11.4 Å². The number of nitrogens with two attached hydrogens (primary N) is 1. The molecule has 2 aliphatic rings. The fourth-order valence-corrected chi connectivity index (χ4v) is 2.55. The first-order valence-corrected chi connectivity index (χ1v) is 5.86. The molecule has 84 valence electrons. The molecule has 0 saturated carbocycles. The second-order valence-corrected chi connectivity index (χ2v) is 4.55. The summed E-state index contributed by atoms with van der Waals surface area (Å²) < 4.78 is 0. The number of nitrogen functional groups attached to an aromatic ring is 1. The minimum atomic E-state index is 0.673. The summed E-state index contributed by atoms with van der Waals surface area (Å²) in [6, 6.07) is 8.87. The summed E-state index contributed by atoms with van der Waals surface area (Å²) in [6.07, 6.45) is 5.70. The molecule has 1 unspecified atom stereocenters. The van der Waals surface area contributed by atoms with Crippen LogP contribution in [0.25, 0.3) is 0 Å². The first-order valence-electron chi connectivity index (χ1n) is 5.86. The Morgan fingerprint density at radius 3 is 2.75 bits per heavy atom. The normalized spacial score (nSPS) is 23.6. The van der Waals surface area contributed by atoms with E-state index in [0.717, 1.165) is 25.3 Å². The summed E-state index contributed by atoms with van der Waals surface area (Å²) in [6.45, 7) is 3.35. The number of rotatable bonds is 1. The van der Waals surface area contributed by atoms with Gasteiger partial charge in [0.25, 0.3) is 0 Å². The van der Waals surface area contributed by atoms with E-state index in [-0.39, 0.29) is 0 Å². The molecule has 3 heteroatoms. The van der Waals surface area contributed by atoms with Crippen LogP contribution in [0.1, 0.15) is 6.42 Å². The van der Waals surface area contributed by atoms with E-state index in [1.165, 1.54) is 12.1 Å². The largest absolute Gasteiger partial charge is 0.399 e. The van der Waals surface area contributed by atoms with Crippen LogP contribution in [0.5, 0.6) is 0 Å². The van der Waals surface area contributed by atoms with Gasteiger partial charge in [-0.1, -0.05) is 6.08 Å². The molecule has 3 rings (SSSR count). The minimum absolute atomic E-state index is 0.673. The van der Waals surface area contributed by atoms with Crippen molar-refractivity contribution < 1.29 is 0 Å². The van der Waals surface area contributed by atoms with Crippen LogP contribution in [-0.4, -0.2) is 30.6 Å². The van der Waals surface area contributed by atoms with Crippen molar-refractivity contribution in [1.82, 2.24) is 4.90 Å². The molecule has 0 aliphatic carbocycles. The minimum Gasteiger partial charge on any atom is -0.399 e. The van der Waals surface area contributed by atoms with Crippen molar-refractivity contribution in [1.29, 1.82) is 0 Å². The second kappa shape index (κ2) is 3.74. The molecule has 1 atom stereocenters. The van der Waals surface area contributed by atoms with Gasteiger partial charge in [-0.25, -0.2) is 0 Å². The Morgan fingerprint density at radius 1 is 1.12 bits per heavy atom. The van der Waals surface area contributed by atoms with Gasteiger partial charge in [-0.2, -0.15) is 0 Å². The van der Waals surface area contributed by atoms with E-state index in [1.54, 1.807) is 0 Å². The highest BCUT2D eigenvalue weighted by Gasteiger charge is 2.26. The SMILES string of the molecule is Nc1ccc(N2CCN3C=CCC3C2)cc1. The zero-order valence-electron chi connectivity index (χ0n) is 9.34. The maximum atomic E-state index is 5.70. The molecule has 16 heavy (non-hydrogen) atoms. The van der Waals surface area contributed by atoms with Gasteiger partial charge in [0.1, 0.15) is 0 Å². The average Bonchev–Trinajstić information content (AvgIpc) is 2.77. The molecular formula is C13H17N3. The summed E-state index contributed by atoms with van der Waals surface area (Å²) in [4.78, 5) is 4.90. The summed E-state index contributed by atoms with van der Waals surface area (Å²) >= 11 is 0. The molecule has 0 bridgehead atoms. The van der Waals surface area contributed by atoms with Crippen molar-refractivity contribution in [2.24, 2.45) is 0 Å². The van der Waals surface area contributed by atoms with Gasteiger partial charge < -0.3 is 15.5 Å². The van der Waals surface area contributed by atoms with Crippen molar-refractivity contribution in [3.05, 3.63) is 36.5 Å². The van der Waals surface area contributed by atoms with Crippen molar-refractivity contribution in [2.45, 2.75) is 12.5 Å². The van der Waals surface area contributed by atoms with Gasteiger partial charge in [-0.15, -0.1) is 0 Å². The second-order valence-electron chi connectivity index (χ2n) is 4.55. The molecule has 2 aliphatic heterocycles. The summed E-state index contributed by atoms with van der Waals surface area (Å²) in [5, 5.41) is 0. The monoisotopic (exact) mass is 215 g/mol. The lowest BCUT2D eigenvalue weighted by molar-refractivity contribution is 0.271. The molecule has 0 spiro atoms. The number of hydrogen-bond acceptors (Lipinski definition) is 3. The van der Waals surface area contributed by atoms with E-state index in [1.807, 2.05) is 12.1 Å². The predicted octanol–water partition coefficient (Wildman–Crippen LogP) is 1.68. The van der Waals surface area contributed by atoms with Crippen LogP contribution in [0.2, 0.25) is 0 Å². The number of anilines is 2. The standard InChI is InChI=1S/C13H17N3/c14-11-3-5-12(6-4-11)16-9-8-15-7-1-2-13(15)10-16/h1,3-7,13H,2,8-10,14H2. The van der Waals surface area contributed by atoms with E-state index >= 15 is 0 Å². The summed E-state index contributed by atoms with van der Waals surface area (Å²) in [5.41, 5.74) is 7.84. The van der Waals surface area contributed by atoms with Gasteiger partial charge in [0.05, 0.1) is 0 Å². The third-order valence-corrected chi connectivity index (χ3v) is 3.49. The maximum Gasteiger partial charge on any atom is 0.0495 e. The van der Waals surface area contributed by atoms with Crippen LogP contribution in [-0.2, 0) is 0 Å². The number of fused-ring (bicyclic) bond motifs is 1. The molecule has 3 nitrogen and oxygen atoms in total. The lowest BCUT2D eigenvalue weighted by Crippen LogP contribution is -2.49. The maximum absolute atomic E-state index is 5.70. The van der Waals surface area contributed by atoms with E-state index in [9.17, 15) is 0 Å². The molecule has 2 heterocycles. The summed E-state index contributed by atoms with van der Waals surface area (Å²) in [7, 11) is 0. The number of benzene rings is 1. The van der Waals surface area contributed by atoms with Crippen molar-refractivity contribution in [2.75, 3.05) is 30.3 Å². The molecule has 1 aromatic rings. The quantitative estimate of drug-likeness (QED) is 0.723. The van der Waals surface area contributed by atoms with Gasteiger partial charge in [-0.3, -0.25) is 0 Å². The van der Waals surface area contributed by atoms with Crippen LogP contribution < -0.4 is 10.6 Å². The van der Waals surface area contributed by atoms with Gasteiger partial charge in [0, 0.05) is 37.1 Å². The molecule has 0 radical (unpaired) electrons. The first-order chi connectivity index (χ1) is 7.83. The van der Waals surface area contributed by atoms with E-state index in [0.29, 0.717) is 6.04 Å². The van der Waals surface area contributed by atoms with Crippen LogP contribution in [0, 0.1) is 0 Å².